The highest BCUT2D eigenvalue weighted by atomic mass is 16.5. The molecule has 1 aliphatic carbocycles. The van der Waals surface area contributed by atoms with E-state index in [0.717, 1.165) is 62.2 Å². The fourth-order valence-electron chi connectivity index (χ4n) is 3.59. The molecule has 1 aromatic carbocycles. The summed E-state index contributed by atoms with van der Waals surface area (Å²) in [4.78, 5) is 6.98. The monoisotopic (exact) mass is 377 g/mol. The van der Waals surface area contributed by atoms with Crippen molar-refractivity contribution in [2.75, 3.05) is 67.1 Å². The molecule has 6 heteroatoms. The van der Waals surface area contributed by atoms with Gasteiger partial charge in [0.15, 0.2) is 0 Å². The van der Waals surface area contributed by atoms with Crippen LogP contribution in [0.2, 0.25) is 0 Å². The van der Waals surface area contributed by atoms with Gasteiger partial charge in [-0.05, 0) is 38.9 Å². The Kier molecular flexibility index (Phi) is 7.35. The van der Waals surface area contributed by atoms with E-state index in [4.69, 9.17) is 9.47 Å². The molecule has 2 aliphatic rings. The van der Waals surface area contributed by atoms with Gasteiger partial charge < -0.3 is 24.4 Å². The van der Waals surface area contributed by atoms with E-state index in [2.05, 4.69) is 34.9 Å². The van der Waals surface area contributed by atoms with Gasteiger partial charge in [0.05, 0.1) is 7.11 Å². The Balaban J connectivity index is 1.53. The SMILES string of the molecule is COc1ccc(CN(C)CC2CC2)c(OC[C@@H](O)CN2CCN(C)CC2)c1. The molecule has 0 amide bonds. The van der Waals surface area contributed by atoms with Gasteiger partial charge >= 0.3 is 0 Å². The van der Waals surface area contributed by atoms with Crippen molar-refractivity contribution in [3.63, 3.8) is 0 Å². The van der Waals surface area contributed by atoms with Crippen molar-refractivity contribution in [3.05, 3.63) is 23.8 Å². The quantitative estimate of drug-likeness (QED) is 0.667. The van der Waals surface area contributed by atoms with Gasteiger partial charge in [0, 0.05) is 57.4 Å². The van der Waals surface area contributed by atoms with Crippen LogP contribution in [0.3, 0.4) is 0 Å². The number of aliphatic hydroxyl groups is 1. The number of methoxy groups -OCH3 is 1. The Bertz CT molecular complexity index is 586. The first kappa shape index (κ1) is 20.4. The Morgan fingerprint density at radius 3 is 2.63 bits per heavy atom. The fraction of sp³-hybridized carbons (Fsp3) is 0.714. The maximum absolute atomic E-state index is 10.4. The van der Waals surface area contributed by atoms with E-state index in [-0.39, 0.29) is 0 Å². The minimum atomic E-state index is -0.489. The molecular formula is C21H35N3O3. The summed E-state index contributed by atoms with van der Waals surface area (Å²) in [5.74, 6) is 2.46. The topological polar surface area (TPSA) is 48.4 Å². The number of β-amino-alcohol motifs (C(OH)–C–C–N with tert-alkyl or cyclic N) is 1. The number of benzene rings is 1. The maximum atomic E-state index is 10.4. The largest absolute Gasteiger partial charge is 0.497 e. The van der Waals surface area contributed by atoms with Crippen molar-refractivity contribution in [3.8, 4) is 11.5 Å². The highest BCUT2D eigenvalue weighted by Crippen LogP contribution is 2.31. The molecule has 0 radical (unpaired) electrons. The van der Waals surface area contributed by atoms with Gasteiger partial charge in [0.1, 0.15) is 24.2 Å². The molecule has 1 saturated heterocycles. The van der Waals surface area contributed by atoms with Crippen molar-refractivity contribution in [2.45, 2.75) is 25.5 Å². The van der Waals surface area contributed by atoms with Gasteiger partial charge in [-0.3, -0.25) is 4.90 Å². The lowest BCUT2D eigenvalue weighted by molar-refractivity contribution is 0.0500. The van der Waals surface area contributed by atoms with E-state index in [1.165, 1.54) is 12.8 Å². The summed E-state index contributed by atoms with van der Waals surface area (Å²) in [6, 6.07) is 5.99. The first-order valence-electron chi connectivity index (χ1n) is 10.1. The second-order valence-corrected chi connectivity index (χ2v) is 8.18. The Hall–Kier alpha value is -1.34. The predicted octanol–water partition coefficient (Wildman–Crippen LogP) is 1.52. The number of aliphatic hydroxyl groups excluding tert-OH is 1. The van der Waals surface area contributed by atoms with Crippen molar-refractivity contribution in [1.29, 1.82) is 0 Å². The number of ether oxygens (including phenoxy) is 2. The van der Waals surface area contributed by atoms with Crippen LogP contribution in [0, 0.1) is 5.92 Å². The molecular weight excluding hydrogens is 342 g/mol. The second kappa shape index (κ2) is 9.73. The summed E-state index contributed by atoms with van der Waals surface area (Å²) in [6.45, 7) is 7.07. The van der Waals surface area contributed by atoms with E-state index < -0.39 is 6.10 Å². The van der Waals surface area contributed by atoms with Gasteiger partial charge in [0.2, 0.25) is 0 Å². The average Bonchev–Trinajstić information content (AvgIpc) is 3.46. The molecule has 2 fully saturated rings. The van der Waals surface area contributed by atoms with Crippen LogP contribution in [-0.4, -0.2) is 93.0 Å². The minimum Gasteiger partial charge on any atom is -0.497 e. The molecule has 0 unspecified atom stereocenters. The molecule has 3 rings (SSSR count). The summed E-state index contributed by atoms with van der Waals surface area (Å²) in [7, 11) is 5.97. The minimum absolute atomic E-state index is 0.304. The van der Waals surface area contributed by atoms with E-state index in [1.54, 1.807) is 7.11 Å². The van der Waals surface area contributed by atoms with E-state index in [9.17, 15) is 5.11 Å². The Morgan fingerprint density at radius 1 is 1.22 bits per heavy atom. The van der Waals surface area contributed by atoms with Crippen LogP contribution in [-0.2, 0) is 6.54 Å². The zero-order valence-corrected chi connectivity index (χ0v) is 17.1. The Morgan fingerprint density at radius 2 is 1.96 bits per heavy atom. The third-order valence-corrected chi connectivity index (χ3v) is 5.48. The summed E-state index contributed by atoms with van der Waals surface area (Å²) < 4.78 is 11.4. The molecule has 0 bridgehead atoms. The normalized spacial score (nSPS) is 20.0. The van der Waals surface area contributed by atoms with Crippen LogP contribution in [0.15, 0.2) is 18.2 Å². The molecule has 1 aliphatic heterocycles. The molecule has 1 aromatic rings. The summed E-state index contributed by atoms with van der Waals surface area (Å²) in [5, 5.41) is 10.4. The highest BCUT2D eigenvalue weighted by Gasteiger charge is 2.23. The summed E-state index contributed by atoms with van der Waals surface area (Å²) in [5.41, 5.74) is 1.14. The van der Waals surface area contributed by atoms with Crippen molar-refractivity contribution >= 4 is 0 Å². The van der Waals surface area contributed by atoms with Crippen LogP contribution in [0.25, 0.3) is 0 Å². The predicted molar refractivity (Wildman–Crippen MR) is 107 cm³/mol. The van der Waals surface area contributed by atoms with Gasteiger partial charge in [-0.1, -0.05) is 6.07 Å². The molecule has 1 saturated carbocycles. The second-order valence-electron chi connectivity index (χ2n) is 8.18. The number of likely N-dealkylation sites (N-methyl/N-ethyl adjacent to an activating group) is 1. The molecule has 27 heavy (non-hydrogen) atoms. The first-order valence-corrected chi connectivity index (χ1v) is 10.1. The van der Waals surface area contributed by atoms with Crippen LogP contribution >= 0.6 is 0 Å². The van der Waals surface area contributed by atoms with Crippen molar-refractivity contribution in [1.82, 2.24) is 14.7 Å². The third kappa shape index (κ3) is 6.64. The molecule has 152 valence electrons. The first-order chi connectivity index (χ1) is 13.0. The van der Waals surface area contributed by atoms with Crippen LogP contribution in [0.1, 0.15) is 18.4 Å². The lowest BCUT2D eigenvalue weighted by Gasteiger charge is -2.33. The van der Waals surface area contributed by atoms with Crippen LogP contribution < -0.4 is 9.47 Å². The molecule has 1 heterocycles. The number of hydrogen-bond donors (Lipinski definition) is 1. The number of hydrogen-bond acceptors (Lipinski definition) is 6. The van der Waals surface area contributed by atoms with Gasteiger partial charge in [0.25, 0.3) is 0 Å². The lowest BCUT2D eigenvalue weighted by Crippen LogP contribution is -2.47. The number of rotatable bonds is 10. The number of piperazine rings is 1. The number of nitrogens with zero attached hydrogens (tertiary/aromatic N) is 3. The molecule has 6 nitrogen and oxygen atoms in total. The van der Waals surface area contributed by atoms with E-state index >= 15 is 0 Å². The van der Waals surface area contributed by atoms with Gasteiger partial charge in [-0.15, -0.1) is 0 Å². The molecule has 0 aromatic heterocycles. The molecule has 1 atom stereocenters. The average molecular weight is 378 g/mol. The highest BCUT2D eigenvalue weighted by molar-refractivity contribution is 5.40. The van der Waals surface area contributed by atoms with E-state index in [1.807, 2.05) is 12.1 Å². The van der Waals surface area contributed by atoms with Crippen molar-refractivity contribution < 1.29 is 14.6 Å². The van der Waals surface area contributed by atoms with Gasteiger partial charge in [-0.2, -0.15) is 0 Å². The third-order valence-electron chi connectivity index (χ3n) is 5.48. The molecule has 0 spiro atoms. The van der Waals surface area contributed by atoms with Gasteiger partial charge in [-0.25, -0.2) is 0 Å². The smallest absolute Gasteiger partial charge is 0.127 e. The van der Waals surface area contributed by atoms with E-state index in [0.29, 0.717) is 13.2 Å². The summed E-state index contributed by atoms with van der Waals surface area (Å²) in [6.07, 6.45) is 2.22. The fourth-order valence-corrected chi connectivity index (χ4v) is 3.59. The molecule has 1 N–H and O–H groups in total. The summed E-state index contributed by atoms with van der Waals surface area (Å²) >= 11 is 0. The van der Waals surface area contributed by atoms with Crippen molar-refractivity contribution in [2.24, 2.45) is 5.92 Å². The Labute approximate surface area is 163 Å². The zero-order valence-electron chi connectivity index (χ0n) is 17.1. The standard InChI is InChI=1S/C21H35N3O3/c1-22-8-10-24(11-9-22)15-19(25)16-27-21-12-20(26-3)7-6-18(21)14-23(2)13-17-4-5-17/h6-7,12,17,19,25H,4-5,8-11,13-16H2,1-3H3/t19-/m0/s1. The van der Waals surface area contributed by atoms with Crippen LogP contribution in [0.5, 0.6) is 11.5 Å². The maximum Gasteiger partial charge on any atom is 0.127 e. The zero-order chi connectivity index (χ0) is 19.2. The lowest BCUT2D eigenvalue weighted by atomic mass is 10.1. The van der Waals surface area contributed by atoms with Crippen LogP contribution in [0.4, 0.5) is 0 Å².